The van der Waals surface area contributed by atoms with Gasteiger partial charge in [-0.25, -0.2) is 8.42 Å². The van der Waals surface area contributed by atoms with Gasteiger partial charge in [-0.15, -0.1) is 0 Å². The summed E-state index contributed by atoms with van der Waals surface area (Å²) < 4.78 is 27.6. The van der Waals surface area contributed by atoms with Crippen LogP contribution in [0.2, 0.25) is 0 Å². The molecule has 2 N–H and O–H groups in total. The number of nitrogens with one attached hydrogen (secondary N) is 1. The highest BCUT2D eigenvalue weighted by Crippen LogP contribution is 2.23. The quantitative estimate of drug-likeness (QED) is 0.912. The highest BCUT2D eigenvalue weighted by Gasteiger charge is 2.17. The van der Waals surface area contributed by atoms with Crippen molar-refractivity contribution in [3.8, 4) is 0 Å². The lowest BCUT2D eigenvalue weighted by Gasteiger charge is -2.13. The van der Waals surface area contributed by atoms with Crippen LogP contribution in [0, 0.1) is 20.8 Å². The number of anilines is 1. The molecule has 0 aliphatic heterocycles. The third-order valence-corrected chi connectivity index (χ3v) is 4.87. The Bertz CT molecular complexity index is 767. The van der Waals surface area contributed by atoms with E-state index in [-0.39, 0.29) is 11.5 Å². The molecule has 0 unspecified atom stereocenters. The van der Waals surface area contributed by atoms with Gasteiger partial charge in [-0.1, -0.05) is 29.8 Å². The van der Waals surface area contributed by atoms with Crippen molar-refractivity contribution in [2.75, 3.05) is 4.72 Å². The molecule has 0 radical (unpaired) electrons. The minimum Gasteiger partial charge on any atom is -0.392 e. The number of aryl methyl sites for hydroxylation is 3. The van der Waals surface area contributed by atoms with Gasteiger partial charge >= 0.3 is 0 Å². The van der Waals surface area contributed by atoms with Crippen LogP contribution in [-0.4, -0.2) is 13.5 Å². The van der Waals surface area contributed by atoms with E-state index in [2.05, 4.69) is 4.72 Å². The molecule has 0 aliphatic rings. The van der Waals surface area contributed by atoms with Crippen molar-refractivity contribution in [1.82, 2.24) is 0 Å². The molecule has 0 aromatic heterocycles. The largest absolute Gasteiger partial charge is 0.392 e. The zero-order valence-electron chi connectivity index (χ0n) is 12.3. The van der Waals surface area contributed by atoms with Crippen molar-refractivity contribution in [3.05, 3.63) is 58.7 Å². The Balaban J connectivity index is 2.42. The van der Waals surface area contributed by atoms with E-state index in [4.69, 9.17) is 5.11 Å². The lowest BCUT2D eigenvalue weighted by molar-refractivity contribution is 0.282. The van der Waals surface area contributed by atoms with Gasteiger partial charge in [0.2, 0.25) is 0 Å². The van der Waals surface area contributed by atoms with Gasteiger partial charge in [-0.05, 0) is 49.6 Å². The summed E-state index contributed by atoms with van der Waals surface area (Å²) in [6, 6.07) is 10.4. The summed E-state index contributed by atoms with van der Waals surface area (Å²) in [6.07, 6.45) is 0. The van der Waals surface area contributed by atoms with Crippen LogP contribution in [-0.2, 0) is 16.6 Å². The lowest BCUT2D eigenvalue weighted by atomic mass is 10.1. The van der Waals surface area contributed by atoms with Crippen LogP contribution in [0.4, 0.5) is 5.69 Å². The van der Waals surface area contributed by atoms with E-state index in [0.29, 0.717) is 16.8 Å². The number of hydrogen-bond donors (Lipinski definition) is 2. The van der Waals surface area contributed by atoms with Crippen LogP contribution in [0.3, 0.4) is 0 Å². The normalized spacial score (nSPS) is 11.4. The van der Waals surface area contributed by atoms with Gasteiger partial charge in [-0.3, -0.25) is 4.72 Å². The first-order valence-electron chi connectivity index (χ1n) is 6.64. The van der Waals surface area contributed by atoms with Gasteiger partial charge in [0.1, 0.15) is 0 Å². The second-order valence-corrected chi connectivity index (χ2v) is 6.83. The molecule has 0 atom stereocenters. The van der Waals surface area contributed by atoms with Gasteiger partial charge < -0.3 is 5.11 Å². The molecule has 0 aliphatic carbocycles. The van der Waals surface area contributed by atoms with Crippen LogP contribution in [0.15, 0.2) is 41.3 Å². The number of benzene rings is 2. The molecule has 21 heavy (non-hydrogen) atoms. The zero-order valence-corrected chi connectivity index (χ0v) is 13.2. The number of sulfonamides is 1. The van der Waals surface area contributed by atoms with Gasteiger partial charge in [0.25, 0.3) is 10.0 Å². The summed E-state index contributed by atoms with van der Waals surface area (Å²) in [7, 11) is -3.64. The third kappa shape index (κ3) is 3.43. The molecule has 0 bridgehead atoms. The number of aliphatic hydroxyl groups excluding tert-OH is 1. The molecule has 0 saturated carbocycles. The summed E-state index contributed by atoms with van der Waals surface area (Å²) >= 11 is 0. The Labute approximate surface area is 125 Å². The van der Waals surface area contributed by atoms with Crippen molar-refractivity contribution in [2.24, 2.45) is 0 Å². The molecule has 2 rings (SSSR count). The lowest BCUT2D eigenvalue weighted by Crippen LogP contribution is -2.15. The summed E-state index contributed by atoms with van der Waals surface area (Å²) in [6.45, 7) is 5.39. The molecule has 0 heterocycles. The maximum Gasteiger partial charge on any atom is 0.262 e. The Morgan fingerprint density at radius 1 is 1.00 bits per heavy atom. The van der Waals surface area contributed by atoms with E-state index < -0.39 is 10.0 Å². The maximum atomic E-state index is 12.5. The van der Waals surface area contributed by atoms with Gasteiger partial charge in [0.05, 0.1) is 17.2 Å². The minimum absolute atomic E-state index is 0.126. The Kier molecular flexibility index (Phi) is 4.34. The molecule has 112 valence electrons. The van der Waals surface area contributed by atoms with Gasteiger partial charge in [0.15, 0.2) is 0 Å². The molecule has 4 nitrogen and oxygen atoms in total. The molecule has 2 aromatic carbocycles. The molecule has 0 spiro atoms. The van der Waals surface area contributed by atoms with E-state index in [1.807, 2.05) is 19.9 Å². The van der Waals surface area contributed by atoms with Crippen LogP contribution < -0.4 is 4.72 Å². The van der Waals surface area contributed by atoms with Gasteiger partial charge in [-0.2, -0.15) is 0 Å². The zero-order chi connectivity index (χ0) is 15.6. The SMILES string of the molecule is Cc1ccc(S(=O)(=O)Nc2cc(CO)ccc2C)c(C)c1. The first-order chi connectivity index (χ1) is 9.83. The monoisotopic (exact) mass is 305 g/mol. The molecular formula is C16H19NO3S. The summed E-state index contributed by atoms with van der Waals surface area (Å²) in [5, 5.41) is 9.17. The average Bonchev–Trinajstić information content (AvgIpc) is 2.40. The smallest absolute Gasteiger partial charge is 0.262 e. The van der Waals surface area contributed by atoms with E-state index in [0.717, 1.165) is 11.1 Å². The Morgan fingerprint density at radius 3 is 2.33 bits per heavy atom. The Morgan fingerprint density at radius 2 is 1.71 bits per heavy atom. The minimum atomic E-state index is -3.64. The molecule has 5 heteroatoms. The Hall–Kier alpha value is -1.85. The van der Waals surface area contributed by atoms with Crippen molar-refractivity contribution < 1.29 is 13.5 Å². The topological polar surface area (TPSA) is 66.4 Å². The predicted molar refractivity (Wildman–Crippen MR) is 83.8 cm³/mol. The summed E-state index contributed by atoms with van der Waals surface area (Å²) in [4.78, 5) is 0.266. The first-order valence-corrected chi connectivity index (χ1v) is 8.12. The number of aliphatic hydroxyl groups is 1. The molecule has 2 aromatic rings. The van der Waals surface area contributed by atoms with Crippen LogP contribution >= 0.6 is 0 Å². The van der Waals surface area contributed by atoms with E-state index in [1.54, 1.807) is 37.3 Å². The molecule has 0 saturated heterocycles. The summed E-state index contributed by atoms with van der Waals surface area (Å²) in [5.74, 6) is 0. The van der Waals surface area contributed by atoms with Crippen molar-refractivity contribution in [3.63, 3.8) is 0 Å². The highest BCUT2D eigenvalue weighted by molar-refractivity contribution is 7.92. The summed E-state index contributed by atoms with van der Waals surface area (Å²) in [5.41, 5.74) is 3.68. The highest BCUT2D eigenvalue weighted by atomic mass is 32.2. The maximum absolute atomic E-state index is 12.5. The third-order valence-electron chi connectivity index (χ3n) is 3.35. The fraction of sp³-hybridized carbons (Fsp3) is 0.250. The van der Waals surface area contributed by atoms with Crippen LogP contribution in [0.25, 0.3) is 0 Å². The first kappa shape index (κ1) is 15.5. The van der Waals surface area contributed by atoms with Crippen molar-refractivity contribution in [1.29, 1.82) is 0 Å². The number of rotatable bonds is 4. The fourth-order valence-corrected chi connectivity index (χ4v) is 3.53. The van der Waals surface area contributed by atoms with Gasteiger partial charge in [0, 0.05) is 0 Å². The van der Waals surface area contributed by atoms with E-state index in [1.165, 1.54) is 0 Å². The van der Waals surface area contributed by atoms with E-state index >= 15 is 0 Å². The average molecular weight is 305 g/mol. The molecular weight excluding hydrogens is 286 g/mol. The second-order valence-electron chi connectivity index (χ2n) is 5.18. The van der Waals surface area contributed by atoms with Crippen LogP contribution in [0.1, 0.15) is 22.3 Å². The standard InChI is InChI=1S/C16H19NO3S/c1-11-4-7-16(13(3)8-11)21(19,20)17-15-9-14(10-18)6-5-12(15)2/h4-9,17-18H,10H2,1-3H3. The van der Waals surface area contributed by atoms with E-state index in [9.17, 15) is 8.42 Å². The number of hydrogen-bond acceptors (Lipinski definition) is 3. The van der Waals surface area contributed by atoms with Crippen molar-refractivity contribution >= 4 is 15.7 Å². The van der Waals surface area contributed by atoms with Crippen molar-refractivity contribution in [2.45, 2.75) is 32.3 Å². The predicted octanol–water partition coefficient (Wildman–Crippen LogP) is 2.90. The molecule has 0 amide bonds. The fourth-order valence-electron chi connectivity index (χ4n) is 2.18. The van der Waals surface area contributed by atoms with Crippen LogP contribution in [0.5, 0.6) is 0 Å². The molecule has 0 fully saturated rings. The second kappa shape index (κ2) is 5.87.